The topological polar surface area (TPSA) is 182 Å². The van der Waals surface area contributed by atoms with Crippen molar-refractivity contribution in [1.82, 2.24) is 10.6 Å². The molecule has 1 saturated carbocycles. The number of primary amides is 1. The van der Waals surface area contributed by atoms with Crippen molar-refractivity contribution in [3.05, 3.63) is 45.5 Å². The highest BCUT2D eigenvalue weighted by Crippen LogP contribution is 2.52. The first kappa shape index (κ1) is 23.5. The summed E-state index contributed by atoms with van der Waals surface area (Å²) in [5.74, 6) is -8.23. The molecule has 1 unspecified atom stereocenters. The van der Waals surface area contributed by atoms with Gasteiger partial charge in [0.15, 0.2) is 11.4 Å². The summed E-state index contributed by atoms with van der Waals surface area (Å²) in [6.45, 7) is 0.707. The number of phenolic OH excluding ortho intramolecular Hbond substituents is 1. The second-order valence-corrected chi connectivity index (χ2v) is 9.62. The summed E-state index contributed by atoms with van der Waals surface area (Å²) in [4.78, 5) is 38.4. The Balaban J connectivity index is 1.70. The molecule has 1 aromatic rings. The Kier molecular flexibility index (Phi) is 5.28. The second kappa shape index (κ2) is 7.87. The fourth-order valence-corrected chi connectivity index (χ4v) is 6.28. The number of nitrogens with two attached hydrogens (primary N) is 1. The predicted octanol–water partition coefficient (Wildman–Crippen LogP) is 0.185. The van der Waals surface area contributed by atoms with Gasteiger partial charge in [-0.2, -0.15) is 0 Å². The Labute approximate surface area is 199 Å². The van der Waals surface area contributed by atoms with Crippen LogP contribution in [0.4, 0.5) is 4.39 Å². The van der Waals surface area contributed by atoms with Crippen LogP contribution in [0.15, 0.2) is 23.0 Å². The van der Waals surface area contributed by atoms with Gasteiger partial charge < -0.3 is 36.8 Å². The van der Waals surface area contributed by atoms with Crippen LogP contribution in [-0.2, 0) is 20.8 Å². The molecule has 11 heteroatoms. The predicted molar refractivity (Wildman–Crippen MR) is 120 cm³/mol. The molecule has 1 amide bonds. The number of phenols is 1. The molecular formula is C24H26FN3O7. The van der Waals surface area contributed by atoms with Gasteiger partial charge in [-0.3, -0.25) is 14.4 Å². The van der Waals surface area contributed by atoms with Crippen LogP contribution in [0.25, 0.3) is 5.76 Å². The maximum Gasteiger partial charge on any atom is 0.255 e. The van der Waals surface area contributed by atoms with Gasteiger partial charge in [0.1, 0.15) is 28.7 Å². The van der Waals surface area contributed by atoms with Gasteiger partial charge in [-0.05, 0) is 51.3 Å². The van der Waals surface area contributed by atoms with Crippen LogP contribution in [-0.4, -0.2) is 63.1 Å². The molecule has 0 radical (unpaired) electrons. The molecule has 1 heterocycles. The number of aromatic hydroxyl groups is 1. The number of hydrogen-bond donors (Lipinski definition) is 7. The van der Waals surface area contributed by atoms with Gasteiger partial charge >= 0.3 is 0 Å². The van der Waals surface area contributed by atoms with Crippen molar-refractivity contribution in [3.63, 3.8) is 0 Å². The fourth-order valence-electron chi connectivity index (χ4n) is 6.28. The standard InChI is InChI=1S/C24H26FN3O7/c1-27-18-11-6-8-5-10-15(13(29)7-9(17(10)25)12-3-2-4-28-12)19(30)14(8)21(32)24(11,35)22(33)16(20(18)31)23(26)34/h7-8,11-12,18,27-30,33,35H,2-6H2,1H3,(H2,26,34)/t8-,11-,12?,18-,24-/m0/s1. The minimum atomic E-state index is -2.72. The van der Waals surface area contributed by atoms with E-state index in [2.05, 4.69) is 10.6 Å². The Morgan fingerprint density at radius 1 is 1.29 bits per heavy atom. The zero-order valence-electron chi connectivity index (χ0n) is 18.9. The van der Waals surface area contributed by atoms with Gasteiger partial charge in [0, 0.05) is 28.7 Å². The zero-order chi connectivity index (χ0) is 25.4. The molecule has 1 saturated heterocycles. The average Bonchev–Trinajstić information content (AvgIpc) is 3.33. The fraction of sp³-hybridized carbons (Fsp3) is 0.458. The average molecular weight is 487 g/mol. The number of rotatable bonds is 3. The molecule has 35 heavy (non-hydrogen) atoms. The first-order chi connectivity index (χ1) is 16.5. The smallest absolute Gasteiger partial charge is 0.255 e. The molecule has 5 atom stereocenters. The third-order valence-electron chi connectivity index (χ3n) is 7.91. The maximum atomic E-state index is 15.6. The van der Waals surface area contributed by atoms with Crippen LogP contribution in [0.3, 0.4) is 0 Å². The van der Waals surface area contributed by atoms with Crippen molar-refractivity contribution in [1.29, 1.82) is 0 Å². The molecule has 0 bridgehead atoms. The number of fused-ring (bicyclic) bond motifs is 3. The van der Waals surface area contributed by atoms with E-state index in [0.29, 0.717) is 13.0 Å². The van der Waals surface area contributed by atoms with Crippen LogP contribution in [0.2, 0.25) is 0 Å². The van der Waals surface area contributed by atoms with E-state index in [4.69, 9.17) is 5.73 Å². The molecule has 1 aromatic carbocycles. The van der Waals surface area contributed by atoms with E-state index in [-0.39, 0.29) is 41.1 Å². The number of halogens is 1. The van der Waals surface area contributed by atoms with Crippen molar-refractivity contribution in [2.45, 2.75) is 43.4 Å². The maximum absolute atomic E-state index is 15.6. The van der Waals surface area contributed by atoms with E-state index in [1.165, 1.54) is 13.1 Å². The lowest BCUT2D eigenvalue weighted by Gasteiger charge is -2.48. The number of aliphatic hydroxyl groups excluding tert-OH is 2. The molecule has 0 spiro atoms. The molecule has 5 rings (SSSR count). The number of carbonyl (C=O) groups is 3. The lowest BCUT2D eigenvalue weighted by atomic mass is 9.57. The number of carbonyl (C=O) groups excluding carboxylic acids is 3. The SMILES string of the molecule is CN[C@@H]1C(=O)C(C(N)=O)=C(O)[C@@]2(O)C(=O)C3=C(O)c4c(O)cc(C5CCCN5)c(F)c4C[C@H]3C[C@@H]12. The summed E-state index contributed by atoms with van der Waals surface area (Å²) in [6.07, 6.45) is 1.35. The normalized spacial score (nSPS) is 32.4. The molecule has 8 N–H and O–H groups in total. The summed E-state index contributed by atoms with van der Waals surface area (Å²) in [5, 5.41) is 49.8. The number of Topliss-reactive ketones (excluding diaryl/α,β-unsaturated/α-hetero) is 2. The minimum absolute atomic E-state index is 0.0407. The quantitative estimate of drug-likeness (QED) is 0.293. The molecule has 0 aromatic heterocycles. The lowest BCUT2D eigenvalue weighted by molar-refractivity contribution is -0.150. The monoisotopic (exact) mass is 487 g/mol. The molecule has 2 fully saturated rings. The molecule has 1 aliphatic heterocycles. The van der Waals surface area contributed by atoms with E-state index in [1.807, 2.05) is 0 Å². The highest BCUT2D eigenvalue weighted by Gasteiger charge is 2.63. The number of nitrogens with one attached hydrogen (secondary N) is 2. The third kappa shape index (κ3) is 3.01. The van der Waals surface area contributed by atoms with E-state index >= 15 is 4.39 Å². The van der Waals surface area contributed by atoms with Crippen molar-refractivity contribution in [3.8, 4) is 5.75 Å². The lowest BCUT2D eigenvalue weighted by Crippen LogP contribution is -2.65. The number of likely N-dealkylation sites (N-methyl/N-ethyl adjacent to an activating group) is 1. The molecule has 10 nitrogen and oxygen atoms in total. The van der Waals surface area contributed by atoms with Crippen LogP contribution in [0, 0.1) is 17.7 Å². The summed E-state index contributed by atoms with van der Waals surface area (Å²) in [5.41, 5.74) is 1.38. The Morgan fingerprint density at radius 3 is 2.60 bits per heavy atom. The van der Waals surface area contributed by atoms with Gasteiger partial charge in [0.25, 0.3) is 5.91 Å². The summed E-state index contributed by atoms with van der Waals surface area (Å²) in [7, 11) is 1.39. The number of ketones is 2. The highest BCUT2D eigenvalue weighted by molar-refractivity contribution is 6.24. The van der Waals surface area contributed by atoms with E-state index in [0.717, 1.165) is 6.42 Å². The number of benzene rings is 1. The summed E-state index contributed by atoms with van der Waals surface area (Å²) < 4.78 is 15.6. The van der Waals surface area contributed by atoms with Gasteiger partial charge in [0.05, 0.1) is 11.6 Å². The number of amides is 1. The number of hydrogen-bond acceptors (Lipinski definition) is 9. The number of aliphatic hydroxyl groups is 3. The first-order valence-corrected chi connectivity index (χ1v) is 11.5. The van der Waals surface area contributed by atoms with Crippen molar-refractivity contribution < 1.29 is 39.2 Å². The van der Waals surface area contributed by atoms with Gasteiger partial charge in [-0.1, -0.05) is 0 Å². The largest absolute Gasteiger partial charge is 0.508 e. The molecule has 3 aliphatic carbocycles. The summed E-state index contributed by atoms with van der Waals surface area (Å²) >= 11 is 0. The van der Waals surface area contributed by atoms with Crippen LogP contribution in [0.5, 0.6) is 5.75 Å². The molecule has 186 valence electrons. The minimum Gasteiger partial charge on any atom is -0.508 e. The van der Waals surface area contributed by atoms with E-state index < -0.39 is 69.6 Å². The summed E-state index contributed by atoms with van der Waals surface area (Å²) in [6, 6.07) is -0.312. The van der Waals surface area contributed by atoms with Gasteiger partial charge in [0.2, 0.25) is 5.78 Å². The van der Waals surface area contributed by atoms with Crippen LogP contribution >= 0.6 is 0 Å². The Hall–Kier alpha value is -3.28. The zero-order valence-corrected chi connectivity index (χ0v) is 18.9. The molecular weight excluding hydrogens is 461 g/mol. The second-order valence-electron chi connectivity index (χ2n) is 9.62. The van der Waals surface area contributed by atoms with Gasteiger partial charge in [-0.25, -0.2) is 4.39 Å². The van der Waals surface area contributed by atoms with Gasteiger partial charge in [-0.15, -0.1) is 0 Å². The highest BCUT2D eigenvalue weighted by atomic mass is 19.1. The third-order valence-corrected chi connectivity index (χ3v) is 7.91. The van der Waals surface area contributed by atoms with Crippen molar-refractivity contribution in [2.24, 2.45) is 17.6 Å². The van der Waals surface area contributed by atoms with E-state index in [9.17, 15) is 34.8 Å². The molecule has 4 aliphatic rings. The van der Waals surface area contributed by atoms with Crippen LogP contribution < -0.4 is 16.4 Å². The van der Waals surface area contributed by atoms with Crippen molar-refractivity contribution in [2.75, 3.05) is 13.6 Å². The Morgan fingerprint density at radius 2 is 2.00 bits per heavy atom. The van der Waals surface area contributed by atoms with Crippen LogP contribution in [0.1, 0.15) is 42.0 Å². The van der Waals surface area contributed by atoms with E-state index in [1.54, 1.807) is 0 Å². The Bertz CT molecular complexity index is 1250. The van der Waals surface area contributed by atoms with Crippen molar-refractivity contribution >= 4 is 23.2 Å². The first-order valence-electron chi connectivity index (χ1n) is 11.5.